The van der Waals surface area contributed by atoms with E-state index in [4.69, 9.17) is 27.9 Å². The van der Waals surface area contributed by atoms with Crippen molar-refractivity contribution in [3.8, 4) is 5.75 Å². The normalized spacial score (nSPS) is 11.2. The number of aromatic nitrogens is 2. The van der Waals surface area contributed by atoms with Crippen molar-refractivity contribution in [3.63, 3.8) is 0 Å². The molecule has 0 aliphatic rings. The number of aromatic amines is 1. The molecule has 1 heterocycles. The highest BCUT2D eigenvalue weighted by molar-refractivity contribution is 6.42. The van der Waals surface area contributed by atoms with E-state index in [9.17, 15) is 19.7 Å². The molecule has 0 fully saturated rings. The molecule has 0 spiro atoms. The molecule has 4 rings (SSSR count). The minimum atomic E-state index is -0.751. The molecule has 4 aromatic rings. The van der Waals surface area contributed by atoms with Crippen LogP contribution in [0, 0.1) is 10.1 Å². The zero-order chi connectivity index (χ0) is 23.5. The van der Waals surface area contributed by atoms with Gasteiger partial charge in [-0.15, -0.1) is 4.68 Å². The minimum absolute atomic E-state index is 0.0426. The molecule has 0 radical (unpaired) electrons. The van der Waals surface area contributed by atoms with Crippen LogP contribution in [0.25, 0.3) is 10.9 Å². The van der Waals surface area contributed by atoms with Gasteiger partial charge in [0.2, 0.25) is 5.75 Å². The second-order valence-electron chi connectivity index (χ2n) is 6.83. The van der Waals surface area contributed by atoms with E-state index >= 15 is 0 Å². The first-order valence-electron chi connectivity index (χ1n) is 9.47. The van der Waals surface area contributed by atoms with Gasteiger partial charge in [-0.1, -0.05) is 47.5 Å². The molecule has 1 N–H and O–H groups in total. The summed E-state index contributed by atoms with van der Waals surface area (Å²) in [6, 6.07) is 15.6. The average Bonchev–Trinajstić information content (AvgIpc) is 2.79. The summed E-state index contributed by atoms with van der Waals surface area (Å²) in [5.41, 5.74) is -0.483. The maximum Gasteiger partial charge on any atom is 0.349 e. The number of hydrogen-bond donors (Lipinski definition) is 1. The third-order valence-corrected chi connectivity index (χ3v) is 5.42. The molecule has 9 nitrogen and oxygen atoms in total. The van der Waals surface area contributed by atoms with Crippen molar-refractivity contribution in [3.05, 3.63) is 113 Å². The summed E-state index contributed by atoms with van der Waals surface area (Å²) in [4.78, 5) is 38.5. The van der Waals surface area contributed by atoms with Crippen LogP contribution < -0.4 is 16.0 Å². The predicted molar refractivity (Wildman–Crippen MR) is 126 cm³/mol. The van der Waals surface area contributed by atoms with Gasteiger partial charge in [0.1, 0.15) is 6.61 Å². The summed E-state index contributed by atoms with van der Waals surface area (Å²) in [7, 11) is 0. The molecule has 0 saturated heterocycles. The fraction of sp³-hybridized carbons (Fsp3) is 0.0455. The fourth-order valence-corrected chi connectivity index (χ4v) is 3.43. The number of nitro groups is 1. The standard InChI is InChI=1S/C22H14Cl2N4O5/c23-16-9-8-13(10-17(16)24)12-33-20-14(4-3-7-19(20)28(31)32)11-25-27-21(29)15-5-1-2-6-18(15)26-22(27)30/h1-11H,12H2,(H,26,30). The second-order valence-corrected chi connectivity index (χ2v) is 7.64. The average molecular weight is 485 g/mol. The summed E-state index contributed by atoms with van der Waals surface area (Å²) < 4.78 is 6.36. The van der Waals surface area contributed by atoms with Crippen LogP contribution in [0.2, 0.25) is 10.0 Å². The first-order valence-corrected chi connectivity index (χ1v) is 10.2. The lowest BCUT2D eigenvalue weighted by Crippen LogP contribution is -2.32. The Morgan fingerprint density at radius 1 is 1.06 bits per heavy atom. The van der Waals surface area contributed by atoms with Crippen LogP contribution in [-0.2, 0) is 6.61 Å². The molecule has 3 aromatic carbocycles. The molecule has 1 aromatic heterocycles. The molecule has 0 amide bonds. The topological polar surface area (TPSA) is 120 Å². The van der Waals surface area contributed by atoms with Crippen LogP contribution in [-0.4, -0.2) is 20.8 Å². The van der Waals surface area contributed by atoms with Gasteiger partial charge in [0, 0.05) is 11.6 Å². The van der Waals surface area contributed by atoms with Crippen LogP contribution in [0.15, 0.2) is 75.4 Å². The number of nitrogens with one attached hydrogen (secondary N) is 1. The van der Waals surface area contributed by atoms with Gasteiger partial charge < -0.3 is 9.72 Å². The first kappa shape index (κ1) is 22.3. The van der Waals surface area contributed by atoms with Crippen molar-refractivity contribution in [1.82, 2.24) is 9.66 Å². The van der Waals surface area contributed by atoms with Crippen molar-refractivity contribution in [2.45, 2.75) is 6.61 Å². The van der Waals surface area contributed by atoms with Crippen molar-refractivity contribution >= 4 is 46.0 Å². The fourth-order valence-electron chi connectivity index (χ4n) is 3.11. The van der Waals surface area contributed by atoms with E-state index in [2.05, 4.69) is 10.1 Å². The Morgan fingerprint density at radius 2 is 1.85 bits per heavy atom. The number of H-pyrrole nitrogens is 1. The lowest BCUT2D eigenvalue weighted by molar-refractivity contribution is -0.385. The highest BCUT2D eigenvalue weighted by atomic mass is 35.5. The summed E-state index contributed by atoms with van der Waals surface area (Å²) in [6.07, 6.45) is 1.16. The van der Waals surface area contributed by atoms with Crippen molar-refractivity contribution in [2.24, 2.45) is 5.10 Å². The van der Waals surface area contributed by atoms with Gasteiger partial charge in [0.05, 0.1) is 32.1 Å². The number of benzene rings is 3. The van der Waals surface area contributed by atoms with E-state index in [-0.39, 0.29) is 29.0 Å². The predicted octanol–water partition coefficient (Wildman–Crippen LogP) is 4.37. The molecular formula is C22H14Cl2N4O5. The number of para-hydroxylation sites is 2. The number of nitrogens with zero attached hydrogens (tertiary/aromatic N) is 3. The van der Waals surface area contributed by atoms with Crippen LogP contribution in [0.4, 0.5) is 5.69 Å². The zero-order valence-corrected chi connectivity index (χ0v) is 18.2. The molecule has 11 heteroatoms. The van der Waals surface area contributed by atoms with Crippen LogP contribution >= 0.6 is 23.2 Å². The van der Waals surface area contributed by atoms with Crippen molar-refractivity contribution in [1.29, 1.82) is 0 Å². The number of nitro benzene ring substituents is 1. The summed E-state index contributed by atoms with van der Waals surface area (Å²) in [6.45, 7) is -0.0426. The smallest absolute Gasteiger partial charge is 0.349 e. The third-order valence-electron chi connectivity index (χ3n) is 4.68. The van der Waals surface area contributed by atoms with E-state index < -0.39 is 16.2 Å². The quantitative estimate of drug-likeness (QED) is 0.247. The molecular weight excluding hydrogens is 471 g/mol. The molecule has 33 heavy (non-hydrogen) atoms. The van der Waals surface area contributed by atoms with Crippen LogP contribution in [0.1, 0.15) is 11.1 Å². The largest absolute Gasteiger partial charge is 0.481 e. The maximum absolute atomic E-state index is 12.7. The minimum Gasteiger partial charge on any atom is -0.481 e. The molecule has 0 atom stereocenters. The van der Waals surface area contributed by atoms with E-state index in [1.54, 1.807) is 42.5 Å². The Labute approximate surface area is 195 Å². The van der Waals surface area contributed by atoms with Gasteiger partial charge in [0.25, 0.3) is 5.56 Å². The molecule has 0 aliphatic carbocycles. The van der Waals surface area contributed by atoms with E-state index in [0.29, 0.717) is 25.8 Å². The van der Waals surface area contributed by atoms with Gasteiger partial charge in [-0.3, -0.25) is 14.9 Å². The first-order chi connectivity index (χ1) is 15.8. The Balaban J connectivity index is 1.73. The molecule has 0 unspecified atom stereocenters. The van der Waals surface area contributed by atoms with Crippen molar-refractivity contribution < 1.29 is 9.66 Å². The molecule has 166 valence electrons. The molecule has 0 saturated carbocycles. The van der Waals surface area contributed by atoms with Gasteiger partial charge in [-0.2, -0.15) is 5.10 Å². The number of fused-ring (bicyclic) bond motifs is 1. The maximum atomic E-state index is 12.7. The Hall–Kier alpha value is -3.95. The van der Waals surface area contributed by atoms with Crippen molar-refractivity contribution in [2.75, 3.05) is 0 Å². The molecule has 0 aliphatic heterocycles. The summed E-state index contributed by atoms with van der Waals surface area (Å²) >= 11 is 11.9. The van der Waals surface area contributed by atoms with Gasteiger partial charge in [0.15, 0.2) is 0 Å². The number of halogens is 2. The summed E-state index contributed by atoms with van der Waals surface area (Å²) in [5, 5.41) is 16.5. The monoisotopic (exact) mass is 484 g/mol. The second kappa shape index (κ2) is 9.27. The third kappa shape index (κ3) is 4.64. The van der Waals surface area contributed by atoms with E-state index in [1.807, 2.05) is 0 Å². The number of ether oxygens (including phenoxy) is 1. The Kier molecular flexibility index (Phi) is 6.25. The lowest BCUT2D eigenvalue weighted by atomic mass is 10.2. The number of rotatable bonds is 6. The van der Waals surface area contributed by atoms with Gasteiger partial charge in [-0.25, -0.2) is 4.79 Å². The summed E-state index contributed by atoms with van der Waals surface area (Å²) in [5.74, 6) is -0.0809. The van der Waals surface area contributed by atoms with E-state index in [1.165, 1.54) is 18.2 Å². The highest BCUT2D eigenvalue weighted by Crippen LogP contribution is 2.31. The van der Waals surface area contributed by atoms with Crippen LogP contribution in [0.3, 0.4) is 0 Å². The SMILES string of the molecule is O=c1[nH]c2ccccc2c(=O)n1N=Cc1cccc([N+](=O)[O-])c1OCc1ccc(Cl)c(Cl)c1. The number of hydrogen-bond acceptors (Lipinski definition) is 6. The molecule has 0 bridgehead atoms. The van der Waals surface area contributed by atoms with Crippen LogP contribution in [0.5, 0.6) is 5.75 Å². The van der Waals surface area contributed by atoms with Gasteiger partial charge >= 0.3 is 11.4 Å². The Morgan fingerprint density at radius 3 is 2.61 bits per heavy atom. The van der Waals surface area contributed by atoms with Gasteiger partial charge in [-0.05, 0) is 35.9 Å². The zero-order valence-electron chi connectivity index (χ0n) is 16.7. The van der Waals surface area contributed by atoms with E-state index in [0.717, 1.165) is 6.21 Å². The Bertz CT molecular complexity index is 1530. The lowest BCUT2D eigenvalue weighted by Gasteiger charge is -2.10. The highest BCUT2D eigenvalue weighted by Gasteiger charge is 2.19.